The van der Waals surface area contributed by atoms with Gasteiger partial charge in [0.25, 0.3) is 0 Å². The van der Waals surface area contributed by atoms with Gasteiger partial charge in [-0.15, -0.1) is 0 Å². The maximum absolute atomic E-state index is 9.07. The van der Waals surface area contributed by atoms with Crippen LogP contribution in [0.25, 0.3) is 16.9 Å². The van der Waals surface area contributed by atoms with Crippen LogP contribution in [-0.4, -0.2) is 39.6 Å². The van der Waals surface area contributed by atoms with Gasteiger partial charge in [-0.2, -0.15) is 14.9 Å². The summed E-state index contributed by atoms with van der Waals surface area (Å²) in [5.41, 5.74) is 4.24. The summed E-state index contributed by atoms with van der Waals surface area (Å²) in [6.45, 7) is 2.50. The number of hydrogen-bond donors (Lipinski definition) is 1. The standard InChI is InChI=1S/C24H22BrClN6/c1-31(16-18-7-4-6-17(12-18)14-27)11-5-10-28-23-13-22(19-8-2-3-9-21(19)26)30-24-20(25)15-29-32(23)24/h2-4,6-9,12-13,15,28H,5,10-11,16H2,1H3. The molecule has 2 aromatic carbocycles. The van der Waals surface area contributed by atoms with Crippen molar-refractivity contribution >= 4 is 39.0 Å². The minimum absolute atomic E-state index is 0.660. The highest BCUT2D eigenvalue weighted by Crippen LogP contribution is 2.30. The summed E-state index contributed by atoms with van der Waals surface area (Å²) in [6.07, 6.45) is 2.69. The first-order chi connectivity index (χ1) is 15.5. The number of fused-ring (bicyclic) bond motifs is 1. The zero-order valence-electron chi connectivity index (χ0n) is 17.6. The van der Waals surface area contributed by atoms with Crippen LogP contribution in [0.1, 0.15) is 17.5 Å². The fraction of sp³-hybridized carbons (Fsp3) is 0.208. The van der Waals surface area contributed by atoms with Crippen LogP contribution in [0.15, 0.2) is 65.3 Å². The second-order valence-corrected chi connectivity index (χ2v) is 8.83. The Balaban J connectivity index is 1.43. The number of halogens is 2. The topological polar surface area (TPSA) is 69.2 Å². The maximum atomic E-state index is 9.07. The zero-order valence-corrected chi connectivity index (χ0v) is 19.9. The van der Waals surface area contributed by atoms with Gasteiger partial charge in [-0.05, 0) is 59.7 Å². The third-order valence-corrected chi connectivity index (χ3v) is 6.00. The molecule has 1 N–H and O–H groups in total. The highest BCUT2D eigenvalue weighted by Gasteiger charge is 2.13. The van der Waals surface area contributed by atoms with Gasteiger partial charge in [0.05, 0.1) is 28.0 Å². The molecule has 8 heteroatoms. The van der Waals surface area contributed by atoms with Crippen LogP contribution in [0.4, 0.5) is 5.82 Å². The summed E-state index contributed by atoms with van der Waals surface area (Å²) in [6, 6.07) is 19.6. The second-order valence-electron chi connectivity index (χ2n) is 7.56. The van der Waals surface area contributed by atoms with Gasteiger partial charge in [-0.1, -0.05) is 41.9 Å². The molecule has 4 aromatic rings. The average Bonchev–Trinajstić information content (AvgIpc) is 3.18. The lowest BCUT2D eigenvalue weighted by molar-refractivity contribution is 0.325. The number of hydrogen-bond acceptors (Lipinski definition) is 5. The van der Waals surface area contributed by atoms with Crippen molar-refractivity contribution in [3.63, 3.8) is 0 Å². The number of nitrogens with one attached hydrogen (secondary N) is 1. The molecular weight excluding hydrogens is 488 g/mol. The normalized spacial score (nSPS) is 11.1. The predicted octanol–water partition coefficient (Wildman–Crippen LogP) is 5.62. The Morgan fingerprint density at radius 1 is 1.19 bits per heavy atom. The molecule has 0 amide bonds. The Kier molecular flexibility index (Phi) is 7.05. The van der Waals surface area contributed by atoms with Crippen LogP contribution in [-0.2, 0) is 6.54 Å². The monoisotopic (exact) mass is 508 g/mol. The van der Waals surface area contributed by atoms with Gasteiger partial charge in [0, 0.05) is 29.7 Å². The van der Waals surface area contributed by atoms with E-state index in [1.807, 2.05) is 48.5 Å². The number of benzene rings is 2. The SMILES string of the molecule is CN(CCCNc1cc(-c2ccccc2Cl)nc2c(Br)cnn12)Cc1cccc(C#N)c1. The molecule has 0 saturated carbocycles. The first-order valence-electron chi connectivity index (χ1n) is 10.3. The molecule has 0 radical (unpaired) electrons. The smallest absolute Gasteiger partial charge is 0.172 e. The fourth-order valence-electron chi connectivity index (χ4n) is 3.56. The van der Waals surface area contributed by atoms with Gasteiger partial charge < -0.3 is 10.2 Å². The largest absolute Gasteiger partial charge is 0.370 e. The van der Waals surface area contributed by atoms with E-state index in [9.17, 15) is 0 Å². The molecule has 0 aliphatic rings. The average molecular weight is 510 g/mol. The first kappa shape index (κ1) is 22.3. The van der Waals surface area contributed by atoms with Gasteiger partial charge in [-0.25, -0.2) is 4.98 Å². The van der Waals surface area contributed by atoms with E-state index >= 15 is 0 Å². The van der Waals surface area contributed by atoms with Crippen molar-refractivity contribution < 1.29 is 0 Å². The van der Waals surface area contributed by atoms with Crippen LogP contribution < -0.4 is 5.32 Å². The molecule has 32 heavy (non-hydrogen) atoms. The molecule has 0 unspecified atom stereocenters. The third kappa shape index (κ3) is 5.10. The van der Waals surface area contributed by atoms with Crippen molar-refractivity contribution in [2.24, 2.45) is 0 Å². The van der Waals surface area contributed by atoms with E-state index < -0.39 is 0 Å². The lowest BCUT2D eigenvalue weighted by Crippen LogP contribution is -2.21. The Hall–Kier alpha value is -2.92. The first-order valence-corrected chi connectivity index (χ1v) is 11.4. The Morgan fingerprint density at radius 3 is 2.84 bits per heavy atom. The third-order valence-electron chi connectivity index (χ3n) is 5.11. The molecule has 6 nitrogen and oxygen atoms in total. The lowest BCUT2D eigenvalue weighted by Gasteiger charge is -2.17. The van der Waals surface area contributed by atoms with Crippen molar-refractivity contribution in [3.8, 4) is 17.3 Å². The summed E-state index contributed by atoms with van der Waals surface area (Å²) >= 11 is 9.94. The molecule has 0 saturated heterocycles. The molecule has 2 aromatic heterocycles. The quantitative estimate of drug-likeness (QED) is 0.312. The zero-order chi connectivity index (χ0) is 22.5. The summed E-state index contributed by atoms with van der Waals surface area (Å²) in [5.74, 6) is 0.861. The van der Waals surface area contributed by atoms with Gasteiger partial charge in [0.2, 0.25) is 0 Å². The molecule has 0 aliphatic carbocycles. The molecule has 0 spiro atoms. The minimum Gasteiger partial charge on any atom is -0.370 e. The maximum Gasteiger partial charge on any atom is 0.172 e. The van der Waals surface area contributed by atoms with Crippen LogP contribution in [0.5, 0.6) is 0 Å². The highest BCUT2D eigenvalue weighted by atomic mass is 79.9. The van der Waals surface area contributed by atoms with E-state index in [0.717, 1.165) is 58.8 Å². The Bertz CT molecular complexity index is 1280. The van der Waals surface area contributed by atoms with Gasteiger partial charge in [0.15, 0.2) is 5.65 Å². The molecule has 0 atom stereocenters. The van der Waals surface area contributed by atoms with Crippen molar-refractivity contribution in [1.82, 2.24) is 19.5 Å². The molecule has 0 fully saturated rings. The van der Waals surface area contributed by atoms with Crippen molar-refractivity contribution in [1.29, 1.82) is 5.26 Å². The van der Waals surface area contributed by atoms with E-state index in [1.54, 1.807) is 10.7 Å². The van der Waals surface area contributed by atoms with E-state index in [4.69, 9.17) is 21.8 Å². The van der Waals surface area contributed by atoms with Crippen molar-refractivity contribution in [3.05, 3.63) is 81.4 Å². The van der Waals surface area contributed by atoms with E-state index in [1.165, 1.54) is 0 Å². The predicted molar refractivity (Wildman–Crippen MR) is 132 cm³/mol. The molecule has 4 rings (SSSR count). The Labute approximate surface area is 200 Å². The van der Waals surface area contributed by atoms with Crippen molar-refractivity contribution in [2.75, 3.05) is 25.5 Å². The molecule has 0 aliphatic heterocycles. The number of aromatic nitrogens is 3. The van der Waals surface area contributed by atoms with Crippen molar-refractivity contribution in [2.45, 2.75) is 13.0 Å². The van der Waals surface area contributed by atoms with E-state index in [-0.39, 0.29) is 0 Å². The van der Waals surface area contributed by atoms with Gasteiger partial charge in [-0.3, -0.25) is 0 Å². The van der Waals surface area contributed by atoms with Gasteiger partial charge in [0.1, 0.15) is 5.82 Å². The van der Waals surface area contributed by atoms with Crippen LogP contribution in [0, 0.1) is 11.3 Å². The number of nitrogens with zero attached hydrogens (tertiary/aromatic N) is 5. The van der Waals surface area contributed by atoms with Crippen LogP contribution in [0.2, 0.25) is 5.02 Å². The summed E-state index contributed by atoms with van der Waals surface area (Å²) < 4.78 is 2.62. The summed E-state index contributed by atoms with van der Waals surface area (Å²) in [4.78, 5) is 6.99. The van der Waals surface area contributed by atoms with E-state index in [2.05, 4.69) is 50.4 Å². The second kappa shape index (κ2) is 10.1. The fourth-order valence-corrected chi connectivity index (χ4v) is 4.15. The minimum atomic E-state index is 0.660. The molecule has 2 heterocycles. The van der Waals surface area contributed by atoms with E-state index in [0.29, 0.717) is 10.6 Å². The highest BCUT2D eigenvalue weighted by molar-refractivity contribution is 9.10. The summed E-state index contributed by atoms with van der Waals surface area (Å²) in [5, 5.41) is 17.7. The number of anilines is 1. The summed E-state index contributed by atoms with van der Waals surface area (Å²) in [7, 11) is 2.09. The van der Waals surface area contributed by atoms with Crippen LogP contribution >= 0.6 is 27.5 Å². The van der Waals surface area contributed by atoms with Gasteiger partial charge >= 0.3 is 0 Å². The molecule has 0 bridgehead atoms. The molecule has 162 valence electrons. The lowest BCUT2D eigenvalue weighted by atomic mass is 10.1. The molecular formula is C24H22BrClN6. The number of nitriles is 1. The number of rotatable bonds is 8. The van der Waals surface area contributed by atoms with Crippen LogP contribution in [0.3, 0.4) is 0 Å². The Morgan fingerprint density at radius 2 is 2.03 bits per heavy atom.